The van der Waals surface area contributed by atoms with E-state index in [4.69, 9.17) is 4.43 Å². The van der Waals surface area contributed by atoms with Gasteiger partial charge in [-0.15, -0.1) is 6.58 Å². The highest BCUT2D eigenvalue weighted by molar-refractivity contribution is 7.91. The molecule has 1 rings (SSSR count). The number of nitrogens with zero attached hydrogens (tertiary/aromatic N) is 2. The molecule has 1 heterocycles. The standard InChI is InChI=1S/C17H30N2O3SSi/c1-8-10-15(13-22-24(6,7)17(3,4)5)14(2)23(20,21)16-18-11-9-12-19-16/h8-9,11-12,14-15H,1,10,13H2,2-7H3/t14-,15-/m1/s1. The van der Waals surface area contributed by atoms with E-state index < -0.39 is 23.4 Å². The van der Waals surface area contributed by atoms with Crippen LogP contribution >= 0.6 is 0 Å². The van der Waals surface area contributed by atoms with Crippen LogP contribution in [0.5, 0.6) is 0 Å². The van der Waals surface area contributed by atoms with Crippen molar-refractivity contribution in [2.45, 2.75) is 62.7 Å². The Morgan fingerprint density at radius 3 is 2.29 bits per heavy atom. The quantitative estimate of drug-likeness (QED) is 0.395. The van der Waals surface area contributed by atoms with Gasteiger partial charge in [0, 0.05) is 24.9 Å². The first-order chi connectivity index (χ1) is 10.9. The van der Waals surface area contributed by atoms with Crippen LogP contribution in [0.4, 0.5) is 0 Å². The number of aromatic nitrogens is 2. The van der Waals surface area contributed by atoms with Crippen LogP contribution in [0, 0.1) is 5.92 Å². The van der Waals surface area contributed by atoms with Crippen LogP contribution in [-0.4, -0.2) is 38.6 Å². The second-order valence-corrected chi connectivity index (χ2v) is 14.6. The maximum absolute atomic E-state index is 12.8. The number of allylic oxidation sites excluding steroid dienone is 1. The van der Waals surface area contributed by atoms with E-state index in [0.717, 1.165) is 0 Å². The van der Waals surface area contributed by atoms with Crippen molar-refractivity contribution < 1.29 is 12.8 Å². The Hall–Kier alpha value is -1.05. The first-order valence-electron chi connectivity index (χ1n) is 8.19. The third-order valence-electron chi connectivity index (χ3n) is 4.88. The van der Waals surface area contributed by atoms with Crippen molar-refractivity contribution in [2.75, 3.05) is 6.61 Å². The van der Waals surface area contributed by atoms with E-state index in [1.165, 1.54) is 12.4 Å². The zero-order valence-electron chi connectivity index (χ0n) is 15.6. The molecule has 5 nitrogen and oxygen atoms in total. The van der Waals surface area contributed by atoms with E-state index in [1.54, 1.807) is 19.1 Å². The smallest absolute Gasteiger partial charge is 0.247 e. The lowest BCUT2D eigenvalue weighted by atomic mass is 10.0. The van der Waals surface area contributed by atoms with Crippen molar-refractivity contribution in [3.63, 3.8) is 0 Å². The number of hydrogen-bond acceptors (Lipinski definition) is 5. The minimum Gasteiger partial charge on any atom is -0.416 e. The van der Waals surface area contributed by atoms with Gasteiger partial charge in [-0.05, 0) is 37.5 Å². The summed E-state index contributed by atoms with van der Waals surface area (Å²) in [5, 5.41) is -0.683. The molecule has 7 heteroatoms. The Morgan fingerprint density at radius 2 is 1.83 bits per heavy atom. The van der Waals surface area contributed by atoms with Gasteiger partial charge in [0.05, 0.1) is 5.25 Å². The second-order valence-electron chi connectivity index (χ2n) is 7.64. The molecule has 0 saturated heterocycles. The Morgan fingerprint density at radius 1 is 1.29 bits per heavy atom. The van der Waals surface area contributed by atoms with Gasteiger partial charge >= 0.3 is 0 Å². The van der Waals surface area contributed by atoms with Gasteiger partial charge in [-0.3, -0.25) is 0 Å². The van der Waals surface area contributed by atoms with Crippen molar-refractivity contribution in [1.29, 1.82) is 0 Å². The highest BCUT2D eigenvalue weighted by Crippen LogP contribution is 2.37. The summed E-state index contributed by atoms with van der Waals surface area (Å²) < 4.78 is 31.8. The molecule has 0 fully saturated rings. The van der Waals surface area contributed by atoms with Crippen LogP contribution in [0.2, 0.25) is 18.1 Å². The molecule has 0 aromatic carbocycles. The lowest BCUT2D eigenvalue weighted by Crippen LogP contribution is -2.43. The molecule has 2 atom stereocenters. The van der Waals surface area contributed by atoms with Gasteiger partial charge in [0.15, 0.2) is 8.32 Å². The lowest BCUT2D eigenvalue weighted by Gasteiger charge is -2.37. The lowest BCUT2D eigenvalue weighted by molar-refractivity contribution is 0.226. The van der Waals surface area contributed by atoms with Crippen molar-refractivity contribution in [2.24, 2.45) is 5.92 Å². The van der Waals surface area contributed by atoms with E-state index in [2.05, 4.69) is 50.4 Å². The SMILES string of the molecule is C=CC[C@H](CO[Si](C)(C)C(C)(C)C)[C@@H](C)S(=O)(=O)c1ncccn1. The van der Waals surface area contributed by atoms with E-state index in [9.17, 15) is 8.42 Å². The van der Waals surface area contributed by atoms with Crippen LogP contribution in [0.25, 0.3) is 0 Å². The molecular formula is C17H30N2O3SSi. The van der Waals surface area contributed by atoms with Crippen LogP contribution in [0.15, 0.2) is 36.3 Å². The van der Waals surface area contributed by atoms with E-state index in [-0.39, 0.29) is 16.1 Å². The first-order valence-corrected chi connectivity index (χ1v) is 12.6. The van der Waals surface area contributed by atoms with Gasteiger partial charge in [-0.2, -0.15) is 0 Å². The molecule has 136 valence electrons. The summed E-state index contributed by atoms with van der Waals surface area (Å²) >= 11 is 0. The van der Waals surface area contributed by atoms with E-state index in [1.807, 2.05) is 0 Å². The fourth-order valence-electron chi connectivity index (χ4n) is 1.99. The van der Waals surface area contributed by atoms with Crippen molar-refractivity contribution in [3.05, 3.63) is 31.1 Å². The summed E-state index contributed by atoms with van der Waals surface area (Å²) in [4.78, 5) is 7.81. The van der Waals surface area contributed by atoms with Crippen molar-refractivity contribution >= 4 is 18.2 Å². The molecule has 0 aliphatic carbocycles. The van der Waals surface area contributed by atoms with Gasteiger partial charge in [0.2, 0.25) is 15.0 Å². The molecule has 24 heavy (non-hydrogen) atoms. The van der Waals surface area contributed by atoms with Crippen LogP contribution in [-0.2, 0) is 14.3 Å². The van der Waals surface area contributed by atoms with Crippen molar-refractivity contribution in [1.82, 2.24) is 9.97 Å². The maximum Gasteiger partial charge on any atom is 0.247 e. The summed E-state index contributed by atoms with van der Waals surface area (Å²) in [5.74, 6) is -0.176. The molecule has 1 aromatic rings. The molecule has 0 spiro atoms. The van der Waals surface area contributed by atoms with Crippen molar-refractivity contribution in [3.8, 4) is 0 Å². The zero-order valence-corrected chi connectivity index (χ0v) is 17.4. The van der Waals surface area contributed by atoms with Crippen LogP contribution < -0.4 is 0 Å². The fourth-order valence-corrected chi connectivity index (χ4v) is 4.50. The Bertz CT molecular complexity index is 640. The number of rotatable bonds is 8. The molecule has 0 saturated carbocycles. The molecule has 0 radical (unpaired) electrons. The molecule has 1 aromatic heterocycles. The molecule has 0 unspecified atom stereocenters. The summed E-state index contributed by atoms with van der Waals surface area (Å²) in [5.41, 5.74) is 0. The fraction of sp³-hybridized carbons (Fsp3) is 0.647. The predicted octanol–water partition coefficient (Wildman–Crippen LogP) is 3.85. The molecule has 0 aliphatic rings. The summed E-state index contributed by atoms with van der Waals surface area (Å²) in [7, 11) is -5.54. The number of sulfone groups is 1. The third-order valence-corrected chi connectivity index (χ3v) is 11.5. The monoisotopic (exact) mass is 370 g/mol. The number of hydrogen-bond donors (Lipinski definition) is 0. The van der Waals surface area contributed by atoms with Gasteiger partial charge in [0.25, 0.3) is 0 Å². The average Bonchev–Trinajstić information content (AvgIpc) is 2.50. The maximum atomic E-state index is 12.8. The Labute approximate surface area is 147 Å². The van der Waals surface area contributed by atoms with Gasteiger partial charge in [-0.1, -0.05) is 26.8 Å². The molecule has 0 N–H and O–H groups in total. The average molecular weight is 371 g/mol. The van der Waals surface area contributed by atoms with Gasteiger partial charge in [0.1, 0.15) is 0 Å². The Kier molecular flexibility index (Phi) is 6.90. The summed E-state index contributed by atoms with van der Waals surface area (Å²) in [6.45, 7) is 16.7. The van der Waals surface area contributed by atoms with E-state index in [0.29, 0.717) is 13.0 Å². The minimum atomic E-state index is -3.60. The largest absolute Gasteiger partial charge is 0.416 e. The minimum absolute atomic E-state index is 0.0797. The molecule has 0 aliphatic heterocycles. The normalized spacial score (nSPS) is 15.8. The summed E-state index contributed by atoms with van der Waals surface area (Å²) in [6.07, 6.45) is 5.21. The first kappa shape index (κ1) is 21.0. The molecule has 0 amide bonds. The zero-order chi connectivity index (χ0) is 18.6. The third kappa shape index (κ3) is 4.97. The predicted molar refractivity (Wildman–Crippen MR) is 100 cm³/mol. The van der Waals surface area contributed by atoms with Crippen LogP contribution in [0.3, 0.4) is 0 Å². The Balaban J connectivity index is 2.98. The molecule has 0 bridgehead atoms. The second kappa shape index (κ2) is 7.88. The van der Waals surface area contributed by atoms with Gasteiger partial charge in [-0.25, -0.2) is 18.4 Å². The van der Waals surface area contributed by atoms with E-state index >= 15 is 0 Å². The van der Waals surface area contributed by atoms with Gasteiger partial charge < -0.3 is 4.43 Å². The molecular weight excluding hydrogens is 340 g/mol. The highest BCUT2D eigenvalue weighted by atomic mass is 32.2. The highest BCUT2D eigenvalue weighted by Gasteiger charge is 2.39. The van der Waals surface area contributed by atoms with Crippen LogP contribution in [0.1, 0.15) is 34.1 Å². The topological polar surface area (TPSA) is 69.2 Å². The summed E-state index contributed by atoms with van der Waals surface area (Å²) in [6, 6.07) is 1.60.